The van der Waals surface area contributed by atoms with Crippen molar-refractivity contribution in [3.05, 3.63) is 53.1 Å². The second-order valence-corrected chi connectivity index (χ2v) is 8.68. The van der Waals surface area contributed by atoms with Gasteiger partial charge in [-0.25, -0.2) is 4.98 Å². The molecule has 0 fully saturated rings. The summed E-state index contributed by atoms with van der Waals surface area (Å²) in [6.07, 6.45) is 1.59. The van der Waals surface area contributed by atoms with E-state index in [1.165, 1.54) is 11.3 Å². The first-order chi connectivity index (χ1) is 12.2. The largest absolute Gasteiger partial charge is 0.339 e. The van der Waals surface area contributed by atoms with Gasteiger partial charge in [-0.1, -0.05) is 56.3 Å². The van der Waals surface area contributed by atoms with E-state index in [9.17, 15) is 4.79 Å². The normalized spacial score (nSPS) is 12.2. The smallest absolute Gasteiger partial charge is 0.263 e. The SMILES string of the molecule is CC(C)(C)c1nc(C(C)(C)NC(=O)c2cnc(-c3ccccc3)s2)no1. The molecule has 0 radical (unpaired) electrons. The molecule has 0 atom stereocenters. The second kappa shape index (κ2) is 6.64. The number of benzene rings is 1. The lowest BCUT2D eigenvalue weighted by Gasteiger charge is -2.21. The zero-order chi connectivity index (χ0) is 18.9. The Balaban J connectivity index is 1.77. The van der Waals surface area contributed by atoms with Crippen molar-refractivity contribution < 1.29 is 9.32 Å². The van der Waals surface area contributed by atoms with Gasteiger partial charge < -0.3 is 9.84 Å². The summed E-state index contributed by atoms with van der Waals surface area (Å²) >= 11 is 1.35. The maximum absolute atomic E-state index is 12.7. The molecule has 0 aliphatic heterocycles. The molecule has 2 heterocycles. The average Bonchev–Trinajstić information content (AvgIpc) is 3.25. The number of nitrogens with one attached hydrogen (secondary N) is 1. The maximum Gasteiger partial charge on any atom is 0.263 e. The Bertz CT molecular complexity index is 907. The molecule has 0 saturated heterocycles. The third-order valence-electron chi connectivity index (χ3n) is 3.80. The van der Waals surface area contributed by atoms with Crippen molar-refractivity contribution in [2.75, 3.05) is 0 Å². The molecule has 1 aromatic carbocycles. The quantitative estimate of drug-likeness (QED) is 0.746. The summed E-state index contributed by atoms with van der Waals surface area (Å²) in [5.41, 5.74) is -0.0158. The predicted molar refractivity (Wildman–Crippen MR) is 101 cm³/mol. The Kier molecular flexibility index (Phi) is 4.66. The number of hydrogen-bond donors (Lipinski definition) is 1. The van der Waals surface area contributed by atoms with Gasteiger partial charge in [-0.3, -0.25) is 4.79 Å². The fourth-order valence-corrected chi connectivity index (χ4v) is 3.09. The number of carbonyl (C=O) groups excluding carboxylic acids is 1. The van der Waals surface area contributed by atoms with Crippen LogP contribution in [0, 0.1) is 0 Å². The highest BCUT2D eigenvalue weighted by Gasteiger charge is 2.32. The molecule has 0 aliphatic carbocycles. The molecular weight excluding hydrogens is 348 g/mol. The molecule has 7 heteroatoms. The van der Waals surface area contributed by atoms with Crippen molar-refractivity contribution in [3.8, 4) is 10.6 Å². The molecule has 1 N–H and O–H groups in total. The fourth-order valence-electron chi connectivity index (χ4n) is 2.28. The highest BCUT2D eigenvalue weighted by atomic mass is 32.1. The summed E-state index contributed by atoms with van der Waals surface area (Å²) in [5, 5.41) is 7.81. The highest BCUT2D eigenvalue weighted by molar-refractivity contribution is 7.16. The summed E-state index contributed by atoms with van der Waals surface area (Å²) in [6.45, 7) is 9.69. The van der Waals surface area contributed by atoms with Crippen LogP contribution in [0.3, 0.4) is 0 Å². The zero-order valence-electron chi connectivity index (χ0n) is 15.5. The molecule has 6 nitrogen and oxygen atoms in total. The van der Waals surface area contributed by atoms with Crippen LogP contribution in [0.4, 0.5) is 0 Å². The first kappa shape index (κ1) is 18.3. The lowest BCUT2D eigenvalue weighted by molar-refractivity contribution is 0.0911. The minimum Gasteiger partial charge on any atom is -0.339 e. The highest BCUT2D eigenvalue weighted by Crippen LogP contribution is 2.27. The molecule has 0 unspecified atom stereocenters. The molecule has 0 aliphatic rings. The molecule has 3 rings (SSSR count). The first-order valence-electron chi connectivity index (χ1n) is 8.35. The van der Waals surface area contributed by atoms with E-state index in [4.69, 9.17) is 4.52 Å². The number of thiazole rings is 1. The summed E-state index contributed by atoms with van der Waals surface area (Å²) in [5.74, 6) is 0.777. The van der Waals surface area contributed by atoms with Crippen LogP contribution in [-0.2, 0) is 11.0 Å². The molecule has 0 saturated carbocycles. The van der Waals surface area contributed by atoms with Crippen LogP contribution in [0.25, 0.3) is 10.6 Å². The monoisotopic (exact) mass is 370 g/mol. The fraction of sp³-hybridized carbons (Fsp3) is 0.368. The minimum absolute atomic E-state index is 0.211. The Morgan fingerprint density at radius 2 is 1.81 bits per heavy atom. The number of aromatic nitrogens is 3. The van der Waals surface area contributed by atoms with Crippen LogP contribution in [-0.4, -0.2) is 21.0 Å². The van der Waals surface area contributed by atoms with E-state index in [1.807, 2.05) is 65.0 Å². The number of hydrogen-bond acceptors (Lipinski definition) is 6. The van der Waals surface area contributed by atoms with Crippen molar-refractivity contribution in [1.82, 2.24) is 20.4 Å². The van der Waals surface area contributed by atoms with Crippen molar-refractivity contribution in [2.45, 2.75) is 45.6 Å². The van der Waals surface area contributed by atoms with Crippen LogP contribution in [0.1, 0.15) is 56.0 Å². The first-order valence-corrected chi connectivity index (χ1v) is 9.17. The Morgan fingerprint density at radius 1 is 1.12 bits per heavy atom. The van der Waals surface area contributed by atoms with E-state index in [0.717, 1.165) is 10.6 Å². The second-order valence-electron chi connectivity index (χ2n) is 7.65. The van der Waals surface area contributed by atoms with Gasteiger partial charge in [0.1, 0.15) is 9.88 Å². The maximum atomic E-state index is 12.7. The van der Waals surface area contributed by atoms with Gasteiger partial charge in [0.05, 0.1) is 11.7 Å². The Hall–Kier alpha value is -2.54. The predicted octanol–water partition coefficient (Wildman–Crippen LogP) is 4.16. The van der Waals surface area contributed by atoms with Crippen LogP contribution in [0.2, 0.25) is 0 Å². The van der Waals surface area contributed by atoms with E-state index < -0.39 is 5.54 Å². The Morgan fingerprint density at radius 3 is 2.42 bits per heavy atom. The minimum atomic E-state index is -0.763. The molecule has 136 valence electrons. The lowest BCUT2D eigenvalue weighted by Crippen LogP contribution is -2.41. The van der Waals surface area contributed by atoms with Gasteiger partial charge >= 0.3 is 0 Å². The van der Waals surface area contributed by atoms with Crippen molar-refractivity contribution >= 4 is 17.2 Å². The number of amides is 1. The molecule has 26 heavy (non-hydrogen) atoms. The number of nitrogens with zero attached hydrogens (tertiary/aromatic N) is 3. The van der Waals surface area contributed by atoms with Gasteiger partial charge in [-0.05, 0) is 13.8 Å². The van der Waals surface area contributed by atoms with Gasteiger partial charge in [0.2, 0.25) is 5.89 Å². The topological polar surface area (TPSA) is 80.9 Å². The van der Waals surface area contributed by atoms with Crippen molar-refractivity contribution in [1.29, 1.82) is 0 Å². The van der Waals surface area contributed by atoms with Gasteiger partial charge in [0.25, 0.3) is 5.91 Å². The van der Waals surface area contributed by atoms with Gasteiger partial charge in [0.15, 0.2) is 5.82 Å². The average molecular weight is 370 g/mol. The molecule has 3 aromatic rings. The lowest BCUT2D eigenvalue weighted by atomic mass is 9.97. The van der Waals surface area contributed by atoms with Gasteiger partial charge in [0, 0.05) is 11.0 Å². The number of carbonyl (C=O) groups is 1. The third kappa shape index (κ3) is 3.83. The summed E-state index contributed by atoms with van der Waals surface area (Å²) in [7, 11) is 0. The van der Waals surface area contributed by atoms with Gasteiger partial charge in [-0.2, -0.15) is 4.98 Å². The summed E-state index contributed by atoms with van der Waals surface area (Å²) < 4.78 is 5.34. The van der Waals surface area contributed by atoms with Crippen molar-refractivity contribution in [3.63, 3.8) is 0 Å². The van der Waals surface area contributed by atoms with E-state index in [1.54, 1.807) is 6.20 Å². The van der Waals surface area contributed by atoms with E-state index in [2.05, 4.69) is 20.4 Å². The van der Waals surface area contributed by atoms with Crippen LogP contribution in [0.15, 0.2) is 41.1 Å². The molecular formula is C19H22N4O2S. The summed E-state index contributed by atoms with van der Waals surface area (Å²) in [4.78, 5) is 22.0. The summed E-state index contributed by atoms with van der Waals surface area (Å²) in [6, 6.07) is 9.78. The molecule has 1 amide bonds. The van der Waals surface area contributed by atoms with E-state index >= 15 is 0 Å². The van der Waals surface area contributed by atoms with Crippen LogP contribution in [0.5, 0.6) is 0 Å². The number of rotatable bonds is 4. The molecule has 0 spiro atoms. The van der Waals surface area contributed by atoms with Crippen LogP contribution >= 0.6 is 11.3 Å². The Labute approximate surface area is 156 Å². The molecule has 2 aromatic heterocycles. The van der Waals surface area contributed by atoms with Crippen molar-refractivity contribution in [2.24, 2.45) is 0 Å². The van der Waals surface area contributed by atoms with Crippen LogP contribution < -0.4 is 5.32 Å². The standard InChI is InChI=1S/C19H22N4O2S/c1-18(2,3)17-21-16(23-25-17)19(4,5)22-14(24)13-11-20-15(26-13)12-9-7-6-8-10-12/h6-11H,1-5H3,(H,22,24). The van der Waals surface area contributed by atoms with Gasteiger partial charge in [-0.15, -0.1) is 11.3 Å². The third-order valence-corrected chi connectivity index (χ3v) is 4.85. The van der Waals surface area contributed by atoms with E-state index in [-0.39, 0.29) is 11.3 Å². The molecule has 0 bridgehead atoms. The van der Waals surface area contributed by atoms with E-state index in [0.29, 0.717) is 16.6 Å². The zero-order valence-corrected chi connectivity index (χ0v) is 16.3.